The van der Waals surface area contributed by atoms with Crippen molar-refractivity contribution in [2.75, 3.05) is 76.4 Å². The van der Waals surface area contributed by atoms with E-state index in [0.717, 1.165) is 45.6 Å². The number of hydrogen-bond donors (Lipinski definition) is 9. The standard InChI is InChI=1S/C51H64N4O13.C10H24N2O2/c1-24(2)23-54-16-18-55(19-17-54)32-21-33(57)39-35(22-32)67-48-40(52-39)36-37-44(60)30(8)47-38(36)49(62)51(10,68-47)65-20-15-34(64-11)27(5)46(66-31(9)56)29(7)43(59)28(6)42(58)25(3)13-12-14-26(4)50(63)53-41(48)45(37)61;1-3-9(7-13)11-5-6-12-10(4-2)8-14/h12-15,20-22,24-25,27-29,34,42-43,46,58-60,62H,16-19,23H2,1-11H3,(H,53,63);9-14H,3-8H2,1-2H3/b13-12+,20-15+,26-14-;/t25-,27+,28+,29+,34-,42-,43+,46+,51-;9-,10-/m00/s1. The van der Waals surface area contributed by atoms with E-state index in [1.807, 2.05) is 13.8 Å². The first-order valence-electron chi connectivity index (χ1n) is 28.7. The monoisotopic (exact) mass is 1140 g/mol. The molecule has 82 heavy (non-hydrogen) atoms. The molecule has 3 aliphatic rings. The number of ether oxygens (including phenoxy) is 4. The van der Waals surface area contributed by atoms with Crippen LogP contribution >= 0.6 is 0 Å². The van der Waals surface area contributed by atoms with E-state index >= 15 is 0 Å². The SMILES string of the molecule is CC[C@@H](CO)NCCN[C@@H](CC)CO.CO[C@H]1/C=C/O[C@@]2(C)Oc3c(C)c(O)c4c(=O)c(c5oc6cc(N7CCN(CC(C)C)CC7)cc(=O)c6nc5c4c3=C2O)NC(=O)/C(C)=C\C=C\[C@H](C)[C@H](O)[C@@H](C)[C@@H](O)[C@@H](C)[C@H](OC(C)=O)[C@@H]1C. The molecule has 0 radical (unpaired) electrons. The number of methoxy groups -OCH3 is 1. The number of aliphatic hydroxyl groups is 5. The van der Waals surface area contributed by atoms with Crippen LogP contribution in [0.3, 0.4) is 0 Å². The van der Waals surface area contributed by atoms with E-state index in [1.54, 1.807) is 45.9 Å². The minimum absolute atomic E-state index is 0.0390. The number of phenolic OH excluding ortho intramolecular Hbond substituents is 1. The number of nitrogens with one attached hydrogen (secondary N) is 3. The van der Waals surface area contributed by atoms with E-state index in [0.29, 0.717) is 24.7 Å². The number of carbonyl (C=O) groups is 2. The van der Waals surface area contributed by atoms with Crippen LogP contribution in [0.1, 0.15) is 94.6 Å². The molecule has 4 heterocycles. The van der Waals surface area contributed by atoms with Gasteiger partial charge in [0.2, 0.25) is 10.9 Å². The minimum Gasteiger partial charge on any atom is -0.507 e. The first-order valence-corrected chi connectivity index (χ1v) is 28.7. The van der Waals surface area contributed by atoms with E-state index in [9.17, 15) is 39.6 Å². The molecule has 11 atom stereocenters. The maximum Gasteiger partial charge on any atom is 0.307 e. The van der Waals surface area contributed by atoms with Gasteiger partial charge in [-0.05, 0) is 38.7 Å². The number of rotatable bonds is 14. The fourth-order valence-corrected chi connectivity index (χ4v) is 11.0. The molecule has 21 heteroatoms. The maximum atomic E-state index is 14.9. The molecular formula is C61H88N6O15. The van der Waals surface area contributed by atoms with Gasteiger partial charge in [-0.2, -0.15) is 0 Å². The number of benzene rings is 3. The number of hydrogen-bond acceptors (Lipinski definition) is 20. The summed E-state index contributed by atoms with van der Waals surface area (Å²) in [5, 5.41) is 73.6. The summed E-state index contributed by atoms with van der Waals surface area (Å²) in [6.07, 6.45) is 5.45. The van der Waals surface area contributed by atoms with Gasteiger partial charge in [-0.1, -0.05) is 73.6 Å². The average molecular weight is 1150 g/mol. The number of fused-ring (bicyclic) bond motifs is 2. The van der Waals surface area contributed by atoms with Gasteiger partial charge in [0, 0.05) is 137 Å². The first kappa shape index (κ1) is 65.0. The van der Waals surface area contributed by atoms with Crippen LogP contribution in [0.15, 0.2) is 62.3 Å². The van der Waals surface area contributed by atoms with Crippen molar-refractivity contribution in [3.63, 3.8) is 0 Å². The van der Waals surface area contributed by atoms with E-state index in [-0.39, 0.29) is 86.1 Å². The Kier molecular flexibility index (Phi) is 22.5. The Balaban J connectivity index is 0.000000681. The van der Waals surface area contributed by atoms with Crippen molar-refractivity contribution in [2.45, 2.75) is 138 Å². The van der Waals surface area contributed by atoms with Crippen LogP contribution in [0.25, 0.3) is 38.7 Å². The lowest BCUT2D eigenvalue weighted by molar-refractivity contribution is -0.160. The molecule has 1 aromatic heterocycles. The third-order valence-corrected chi connectivity index (χ3v) is 16.2. The zero-order valence-electron chi connectivity index (χ0n) is 49.9. The third-order valence-electron chi connectivity index (χ3n) is 16.2. The number of anilines is 2. The molecule has 452 valence electrons. The largest absolute Gasteiger partial charge is 0.507 e. The average Bonchev–Trinajstić information content (AvgIpc) is 3.67. The Morgan fingerprint density at radius 2 is 1.52 bits per heavy atom. The van der Waals surface area contributed by atoms with Crippen LogP contribution in [0.2, 0.25) is 0 Å². The molecule has 1 saturated heterocycles. The van der Waals surface area contributed by atoms with E-state index in [2.05, 4.69) is 39.6 Å². The third kappa shape index (κ3) is 14.4. The molecule has 3 aromatic carbocycles. The molecule has 0 saturated carbocycles. The molecule has 0 spiro atoms. The smallest absolute Gasteiger partial charge is 0.307 e. The van der Waals surface area contributed by atoms with Gasteiger partial charge in [0.15, 0.2) is 22.4 Å². The molecule has 4 bridgehead atoms. The Morgan fingerprint density at radius 1 is 0.890 bits per heavy atom. The summed E-state index contributed by atoms with van der Waals surface area (Å²) in [4.78, 5) is 64.7. The number of aromatic nitrogens is 1. The molecule has 9 N–H and O–H groups in total. The molecule has 0 unspecified atom stereocenters. The minimum atomic E-state index is -1.98. The second-order valence-corrected chi connectivity index (χ2v) is 22.7. The summed E-state index contributed by atoms with van der Waals surface area (Å²) < 4.78 is 30.5. The van der Waals surface area contributed by atoms with Gasteiger partial charge in [-0.15, -0.1) is 0 Å². The van der Waals surface area contributed by atoms with Gasteiger partial charge < -0.3 is 74.9 Å². The second kappa shape index (κ2) is 28.4. The number of nitrogens with zero attached hydrogens (tertiary/aromatic N) is 3. The number of amides is 1. The number of phenols is 1. The zero-order valence-corrected chi connectivity index (χ0v) is 49.9. The van der Waals surface area contributed by atoms with Gasteiger partial charge in [0.05, 0.1) is 48.4 Å². The number of carbonyl (C=O) groups excluding carboxylic acids is 2. The van der Waals surface area contributed by atoms with Gasteiger partial charge in [-0.25, -0.2) is 4.98 Å². The van der Waals surface area contributed by atoms with Crippen molar-refractivity contribution >= 4 is 62.0 Å². The number of piperazine rings is 1. The van der Waals surface area contributed by atoms with Crippen molar-refractivity contribution < 1.29 is 63.6 Å². The van der Waals surface area contributed by atoms with Crippen LogP contribution < -0.4 is 41.7 Å². The molecule has 1 fully saturated rings. The van der Waals surface area contributed by atoms with Crippen molar-refractivity contribution in [3.8, 4) is 11.5 Å². The fraction of sp³-hybridized carbons (Fsp3) is 0.590. The summed E-state index contributed by atoms with van der Waals surface area (Å²) in [6, 6.07) is 3.56. The van der Waals surface area contributed by atoms with Gasteiger partial charge in [0.25, 0.3) is 5.91 Å². The van der Waals surface area contributed by atoms with Gasteiger partial charge in [0.1, 0.15) is 28.8 Å². The predicted molar refractivity (Wildman–Crippen MR) is 317 cm³/mol. The van der Waals surface area contributed by atoms with E-state index < -0.39 is 88.1 Å². The summed E-state index contributed by atoms with van der Waals surface area (Å²) in [6.45, 7) is 26.9. The number of aromatic hydroxyl groups is 1. The lowest BCUT2D eigenvalue weighted by Gasteiger charge is -2.38. The quantitative estimate of drug-likeness (QED) is 0.0346. The molecular weight excluding hydrogens is 1060 g/mol. The highest BCUT2D eigenvalue weighted by atomic mass is 16.7. The lowest BCUT2D eigenvalue weighted by atomic mass is 9.78. The normalized spacial score (nSPS) is 27.1. The highest BCUT2D eigenvalue weighted by Crippen LogP contribution is 2.42. The van der Waals surface area contributed by atoms with Crippen molar-refractivity contribution in [1.82, 2.24) is 20.5 Å². The molecule has 1 amide bonds. The number of aliphatic hydroxyl groups excluding tert-OH is 5. The van der Waals surface area contributed by atoms with E-state index in [4.69, 9.17) is 38.6 Å². The van der Waals surface area contributed by atoms with Gasteiger partial charge >= 0.3 is 11.8 Å². The van der Waals surface area contributed by atoms with Crippen LogP contribution in [0.5, 0.6) is 11.5 Å². The van der Waals surface area contributed by atoms with Crippen LogP contribution in [0, 0.1) is 36.5 Å². The molecule has 21 nitrogen and oxygen atoms in total. The fourth-order valence-electron chi connectivity index (χ4n) is 11.0. The summed E-state index contributed by atoms with van der Waals surface area (Å²) in [7, 11) is 1.45. The van der Waals surface area contributed by atoms with Crippen molar-refractivity contribution in [3.05, 3.63) is 79.5 Å². The van der Waals surface area contributed by atoms with E-state index in [1.165, 1.54) is 59.3 Å². The summed E-state index contributed by atoms with van der Waals surface area (Å²) in [5.74, 6) is -6.43. The zero-order chi connectivity index (χ0) is 60.5. The van der Waals surface area contributed by atoms with Crippen LogP contribution in [-0.4, -0.2) is 161 Å². The molecule has 3 aliphatic heterocycles. The van der Waals surface area contributed by atoms with Gasteiger partial charge in [-0.3, -0.25) is 24.1 Å². The van der Waals surface area contributed by atoms with Crippen molar-refractivity contribution in [1.29, 1.82) is 0 Å². The molecule has 4 aromatic rings. The highest BCUT2D eigenvalue weighted by Gasteiger charge is 2.44. The predicted octanol–water partition coefficient (Wildman–Crippen LogP) is 5.05. The number of allylic oxidation sites excluding steroid dienone is 2. The van der Waals surface area contributed by atoms with Crippen LogP contribution in [0.4, 0.5) is 11.4 Å². The van der Waals surface area contributed by atoms with Crippen molar-refractivity contribution in [2.24, 2.45) is 29.6 Å². The van der Waals surface area contributed by atoms with Crippen LogP contribution in [-0.2, 0) is 23.8 Å². The topological polar surface area (TPSA) is 295 Å². The Labute approximate surface area is 479 Å². The first-order chi connectivity index (χ1) is 38.9. The maximum absolute atomic E-state index is 14.9. The Bertz CT molecular complexity index is 3150. The summed E-state index contributed by atoms with van der Waals surface area (Å²) in [5.41, 5.74) is -1.35. The second-order valence-electron chi connectivity index (χ2n) is 22.7. The lowest BCUT2D eigenvalue weighted by Crippen LogP contribution is -2.47. The molecule has 7 rings (SSSR count). The highest BCUT2D eigenvalue weighted by molar-refractivity contribution is 6.17. The summed E-state index contributed by atoms with van der Waals surface area (Å²) >= 11 is 0. The number of esters is 1. The Morgan fingerprint density at radius 3 is 2.10 bits per heavy atom. The Hall–Kier alpha value is -6.17. The molecule has 0 aliphatic carbocycles.